The van der Waals surface area contributed by atoms with Gasteiger partial charge in [0.1, 0.15) is 0 Å². The first-order chi connectivity index (χ1) is 7.65. The zero-order valence-corrected chi connectivity index (χ0v) is 10.5. The van der Waals surface area contributed by atoms with Crippen molar-refractivity contribution in [3.05, 3.63) is 34.3 Å². The number of nitrogens with zero attached hydrogens (tertiary/aromatic N) is 1. The predicted octanol–water partition coefficient (Wildman–Crippen LogP) is 2.36. The van der Waals surface area contributed by atoms with Crippen LogP contribution < -0.4 is 0 Å². The zero-order valence-electron chi connectivity index (χ0n) is 8.90. The minimum atomic E-state index is -0.670. The summed E-state index contributed by atoms with van der Waals surface area (Å²) in [6.07, 6.45) is 0.767. The van der Waals surface area contributed by atoms with Crippen molar-refractivity contribution < 1.29 is 9.90 Å². The number of benzene rings is 1. The molecule has 0 aromatic heterocycles. The molecule has 1 N–H and O–H groups in total. The highest BCUT2D eigenvalue weighted by Gasteiger charge is 2.27. The lowest BCUT2D eigenvalue weighted by atomic mass is 10.1. The monoisotopic (exact) mass is 283 g/mol. The maximum absolute atomic E-state index is 10.8. The van der Waals surface area contributed by atoms with E-state index < -0.39 is 5.97 Å². The molecule has 3 nitrogen and oxygen atoms in total. The molecular weight excluding hydrogens is 270 g/mol. The Morgan fingerprint density at radius 2 is 2.38 bits per heavy atom. The van der Waals surface area contributed by atoms with Gasteiger partial charge in [0.15, 0.2) is 0 Å². The lowest BCUT2D eigenvalue weighted by Crippen LogP contribution is -2.22. The normalized spacial score (nSPS) is 21.2. The van der Waals surface area contributed by atoms with E-state index >= 15 is 0 Å². The molecular formula is C12H14BrNO2. The van der Waals surface area contributed by atoms with Crippen molar-refractivity contribution in [2.75, 3.05) is 13.1 Å². The average molecular weight is 284 g/mol. The van der Waals surface area contributed by atoms with Crippen LogP contribution in [0, 0.1) is 5.92 Å². The molecule has 0 saturated carbocycles. The maximum atomic E-state index is 10.8. The molecule has 1 aromatic carbocycles. The molecule has 0 bridgehead atoms. The number of aliphatic carboxylic acids is 1. The second-order valence-corrected chi connectivity index (χ2v) is 5.10. The van der Waals surface area contributed by atoms with Gasteiger partial charge >= 0.3 is 5.97 Å². The quantitative estimate of drug-likeness (QED) is 0.926. The molecule has 0 unspecified atom stereocenters. The first-order valence-electron chi connectivity index (χ1n) is 5.35. The summed E-state index contributed by atoms with van der Waals surface area (Å²) in [6.45, 7) is 2.38. The molecule has 1 fully saturated rings. The second kappa shape index (κ2) is 4.97. The van der Waals surface area contributed by atoms with Gasteiger partial charge in [-0.2, -0.15) is 0 Å². The van der Waals surface area contributed by atoms with Crippen molar-refractivity contribution >= 4 is 21.9 Å². The lowest BCUT2D eigenvalue weighted by Gasteiger charge is -2.15. The van der Waals surface area contributed by atoms with E-state index in [0.717, 1.165) is 24.0 Å². The van der Waals surface area contributed by atoms with E-state index in [2.05, 4.69) is 33.0 Å². The van der Waals surface area contributed by atoms with Crippen molar-refractivity contribution in [2.45, 2.75) is 13.0 Å². The average Bonchev–Trinajstić information content (AvgIpc) is 2.66. The summed E-state index contributed by atoms with van der Waals surface area (Å²) >= 11 is 3.43. The molecule has 2 rings (SSSR count). The summed E-state index contributed by atoms with van der Waals surface area (Å²) in [6, 6.07) is 8.14. The predicted molar refractivity (Wildman–Crippen MR) is 65.2 cm³/mol. The third-order valence-electron chi connectivity index (χ3n) is 2.92. The molecule has 1 aliphatic heterocycles. The van der Waals surface area contributed by atoms with Crippen molar-refractivity contribution in [1.82, 2.24) is 4.90 Å². The highest BCUT2D eigenvalue weighted by Crippen LogP contribution is 2.20. The Hall–Kier alpha value is -0.870. The van der Waals surface area contributed by atoms with Crippen LogP contribution in [-0.4, -0.2) is 29.1 Å². The molecule has 86 valence electrons. The summed E-state index contributed by atoms with van der Waals surface area (Å²) in [4.78, 5) is 13.0. The molecule has 0 spiro atoms. The van der Waals surface area contributed by atoms with Crippen LogP contribution in [0.5, 0.6) is 0 Å². The number of hydrogen-bond donors (Lipinski definition) is 1. The largest absolute Gasteiger partial charge is 0.481 e. The number of carbonyl (C=O) groups is 1. The Kier molecular flexibility index (Phi) is 3.61. The maximum Gasteiger partial charge on any atom is 0.307 e. The SMILES string of the molecule is O=C(O)[C@@H]1CCN(Cc2cccc(Br)c2)C1. The van der Waals surface area contributed by atoms with E-state index in [1.54, 1.807) is 0 Å². The van der Waals surface area contributed by atoms with Gasteiger partial charge in [0.25, 0.3) is 0 Å². The van der Waals surface area contributed by atoms with Crippen LogP contribution in [0.2, 0.25) is 0 Å². The Balaban J connectivity index is 1.94. The Bertz CT molecular complexity index is 394. The fourth-order valence-electron chi connectivity index (χ4n) is 2.07. The van der Waals surface area contributed by atoms with Crippen molar-refractivity contribution in [1.29, 1.82) is 0 Å². The van der Waals surface area contributed by atoms with E-state index in [1.165, 1.54) is 5.56 Å². The summed E-state index contributed by atoms with van der Waals surface area (Å²) in [5.41, 5.74) is 1.22. The van der Waals surface area contributed by atoms with E-state index in [0.29, 0.717) is 6.54 Å². The molecule has 0 amide bonds. The van der Waals surface area contributed by atoms with E-state index in [4.69, 9.17) is 5.11 Å². The minimum Gasteiger partial charge on any atom is -0.481 e. The van der Waals surface area contributed by atoms with Gasteiger partial charge in [-0.25, -0.2) is 0 Å². The van der Waals surface area contributed by atoms with Gasteiger partial charge in [-0.15, -0.1) is 0 Å². The van der Waals surface area contributed by atoms with Crippen molar-refractivity contribution in [2.24, 2.45) is 5.92 Å². The number of halogens is 1. The summed E-state index contributed by atoms with van der Waals surface area (Å²) in [5, 5.41) is 8.91. The van der Waals surface area contributed by atoms with Crippen LogP contribution in [-0.2, 0) is 11.3 Å². The topological polar surface area (TPSA) is 40.5 Å². The third kappa shape index (κ3) is 2.83. The van der Waals surface area contributed by atoms with Gasteiger partial charge in [0.05, 0.1) is 5.92 Å². The summed E-state index contributed by atoms with van der Waals surface area (Å²) < 4.78 is 1.07. The van der Waals surface area contributed by atoms with Crippen LogP contribution in [0.15, 0.2) is 28.7 Å². The fraction of sp³-hybridized carbons (Fsp3) is 0.417. The van der Waals surface area contributed by atoms with Gasteiger partial charge in [0, 0.05) is 17.6 Å². The van der Waals surface area contributed by atoms with Crippen molar-refractivity contribution in [3.63, 3.8) is 0 Å². The number of hydrogen-bond acceptors (Lipinski definition) is 2. The van der Waals surface area contributed by atoms with Gasteiger partial charge in [0.2, 0.25) is 0 Å². The third-order valence-corrected chi connectivity index (χ3v) is 3.41. The minimum absolute atomic E-state index is 0.188. The number of carboxylic acids is 1. The summed E-state index contributed by atoms with van der Waals surface area (Å²) in [5.74, 6) is -0.858. The Morgan fingerprint density at radius 1 is 1.56 bits per heavy atom. The highest BCUT2D eigenvalue weighted by atomic mass is 79.9. The standard InChI is InChI=1S/C12H14BrNO2/c13-11-3-1-2-9(6-11)7-14-5-4-10(8-14)12(15)16/h1-3,6,10H,4-5,7-8H2,(H,15,16)/t10-/m1/s1. The summed E-state index contributed by atoms with van der Waals surface area (Å²) in [7, 11) is 0. The zero-order chi connectivity index (χ0) is 11.5. The Labute approximate surface area is 103 Å². The van der Waals surface area contributed by atoms with Crippen LogP contribution in [0.3, 0.4) is 0 Å². The van der Waals surface area contributed by atoms with Crippen LogP contribution >= 0.6 is 15.9 Å². The van der Waals surface area contributed by atoms with E-state index in [1.807, 2.05) is 12.1 Å². The van der Waals surface area contributed by atoms with Crippen molar-refractivity contribution in [3.8, 4) is 0 Å². The molecule has 1 aliphatic rings. The second-order valence-electron chi connectivity index (χ2n) is 4.19. The van der Waals surface area contributed by atoms with E-state index in [9.17, 15) is 4.79 Å². The van der Waals surface area contributed by atoms with Crippen LogP contribution in [0.1, 0.15) is 12.0 Å². The van der Waals surface area contributed by atoms with Crippen LogP contribution in [0.25, 0.3) is 0 Å². The van der Waals surface area contributed by atoms with Gasteiger partial charge < -0.3 is 5.11 Å². The smallest absolute Gasteiger partial charge is 0.307 e. The first kappa shape index (κ1) is 11.6. The number of rotatable bonds is 3. The molecule has 4 heteroatoms. The molecule has 1 atom stereocenters. The molecule has 0 radical (unpaired) electrons. The fourth-order valence-corrected chi connectivity index (χ4v) is 2.52. The number of carboxylic acid groups (broad SMARTS) is 1. The first-order valence-corrected chi connectivity index (χ1v) is 6.14. The molecule has 0 aliphatic carbocycles. The Morgan fingerprint density at radius 3 is 3.00 bits per heavy atom. The number of likely N-dealkylation sites (tertiary alicyclic amines) is 1. The molecule has 1 heterocycles. The molecule has 1 aromatic rings. The van der Waals surface area contributed by atoms with Gasteiger partial charge in [-0.1, -0.05) is 28.1 Å². The van der Waals surface area contributed by atoms with Crippen LogP contribution in [0.4, 0.5) is 0 Å². The lowest BCUT2D eigenvalue weighted by molar-refractivity contribution is -0.141. The van der Waals surface area contributed by atoms with Gasteiger partial charge in [-0.05, 0) is 30.7 Å². The molecule has 1 saturated heterocycles. The molecule has 16 heavy (non-hydrogen) atoms. The highest BCUT2D eigenvalue weighted by molar-refractivity contribution is 9.10. The van der Waals surface area contributed by atoms with E-state index in [-0.39, 0.29) is 5.92 Å². The van der Waals surface area contributed by atoms with Gasteiger partial charge in [-0.3, -0.25) is 9.69 Å².